The first-order valence-corrected chi connectivity index (χ1v) is 27.1. The van der Waals surface area contributed by atoms with Gasteiger partial charge in [0.1, 0.15) is 30.0 Å². The summed E-state index contributed by atoms with van der Waals surface area (Å²) >= 11 is 7.86. The van der Waals surface area contributed by atoms with Crippen molar-refractivity contribution < 1.29 is 29.0 Å². The van der Waals surface area contributed by atoms with Gasteiger partial charge in [-0.15, -0.1) is 11.3 Å². The first kappa shape index (κ1) is 53.9. The molecule has 3 saturated heterocycles. The molecule has 2 bridgehead atoms. The number of aromatic nitrogens is 1. The molecule has 6 atom stereocenters. The number of piperazine rings is 1. The molecule has 0 spiro atoms. The van der Waals surface area contributed by atoms with E-state index in [1.165, 1.54) is 10.5 Å². The summed E-state index contributed by atoms with van der Waals surface area (Å²) in [4.78, 5) is 67.4. The van der Waals surface area contributed by atoms with E-state index < -0.39 is 23.6 Å². The molecule has 73 heavy (non-hydrogen) atoms. The van der Waals surface area contributed by atoms with Crippen LogP contribution in [-0.2, 0) is 20.8 Å². The van der Waals surface area contributed by atoms with Crippen LogP contribution in [0.3, 0.4) is 0 Å². The lowest BCUT2D eigenvalue weighted by molar-refractivity contribution is -0.164. The molecular weight excluding hydrogens is 960 g/mol. The van der Waals surface area contributed by atoms with E-state index in [1.807, 2.05) is 88.7 Å². The predicted molar refractivity (Wildman–Crippen MR) is 285 cm³/mol. The number of hydrogen-bond acceptors (Lipinski definition) is 11. The van der Waals surface area contributed by atoms with E-state index in [1.54, 1.807) is 29.5 Å². The van der Waals surface area contributed by atoms with E-state index in [0.29, 0.717) is 21.9 Å². The van der Waals surface area contributed by atoms with Crippen LogP contribution in [-0.4, -0.2) is 124 Å². The number of fused-ring (bicyclic) bond motifs is 2. The zero-order valence-electron chi connectivity index (χ0n) is 43.8. The highest BCUT2D eigenvalue weighted by atomic mass is 35.5. The van der Waals surface area contributed by atoms with Gasteiger partial charge in [0.15, 0.2) is 0 Å². The van der Waals surface area contributed by atoms with Crippen LogP contribution in [0.2, 0.25) is 5.02 Å². The van der Waals surface area contributed by atoms with Crippen LogP contribution < -0.4 is 20.7 Å². The fourth-order valence-corrected chi connectivity index (χ4v) is 13.2. The Kier molecular flexibility index (Phi) is 16.1. The summed E-state index contributed by atoms with van der Waals surface area (Å²) in [5.41, 5.74) is 5.61. The first-order valence-electron chi connectivity index (χ1n) is 25.9. The standard InChI is InChI=1S/C57H73ClN8O6S/c1-34(37-17-19-38(20-18-37)48-35(2)60-33-73-48)61-51(70)46-26-43(67)31-66(46)52(71)49(55(3,4)5)62-47(68)32-65-41-22-23-42(65)30-64(29-41)25-11-10-12-36-13-15-39(16-14-36)50(69)63-53-56(6,7)54(57(53,8)9)72-44-24-21-40(28-59)45(58)27-44/h13-21,24,27,33-34,41-43,46,49,53-54,67H,10-12,22-23,25-26,29-32H2,1-9H3,(H,61,70)(H,62,68)(H,63,69)/t34-,41-,42-,43+,46-,49+,53-,54-/m0/s1. The van der Waals surface area contributed by atoms with Gasteiger partial charge in [-0.05, 0) is 98.9 Å². The first-order chi connectivity index (χ1) is 34.5. The molecule has 4 heterocycles. The number of hydrogen-bond donors (Lipinski definition) is 4. The molecule has 16 heteroatoms. The van der Waals surface area contributed by atoms with Gasteiger partial charge in [-0.3, -0.25) is 24.1 Å². The van der Waals surface area contributed by atoms with Crippen LogP contribution in [0.25, 0.3) is 10.4 Å². The number of aliphatic hydroxyl groups excluding tert-OH is 1. The fourth-order valence-electron chi connectivity index (χ4n) is 12.2. The molecule has 4 aliphatic rings. The number of rotatable bonds is 17. The smallest absolute Gasteiger partial charge is 0.251 e. The Balaban J connectivity index is 0.773. The summed E-state index contributed by atoms with van der Waals surface area (Å²) in [5, 5.41) is 29.8. The van der Waals surface area contributed by atoms with Gasteiger partial charge in [0.05, 0.1) is 45.4 Å². The zero-order chi connectivity index (χ0) is 52.6. The number of nitrogens with zero attached hydrogens (tertiary/aromatic N) is 5. The van der Waals surface area contributed by atoms with Crippen molar-refractivity contribution in [2.24, 2.45) is 16.2 Å². The molecule has 4 N–H and O–H groups in total. The van der Waals surface area contributed by atoms with Crippen LogP contribution in [0.15, 0.2) is 72.2 Å². The maximum Gasteiger partial charge on any atom is 0.251 e. The highest BCUT2D eigenvalue weighted by Crippen LogP contribution is 2.55. The minimum Gasteiger partial charge on any atom is -0.489 e. The topological polar surface area (TPSA) is 180 Å². The quantitative estimate of drug-likeness (QED) is 0.0756. The Morgan fingerprint density at radius 2 is 1.62 bits per heavy atom. The number of carbonyl (C=O) groups excluding carboxylic acids is 4. The van der Waals surface area contributed by atoms with Gasteiger partial charge in [0.2, 0.25) is 17.7 Å². The molecule has 3 aliphatic heterocycles. The third-order valence-electron chi connectivity index (χ3n) is 15.9. The maximum atomic E-state index is 14.4. The van der Waals surface area contributed by atoms with Crippen molar-refractivity contribution in [1.29, 1.82) is 5.26 Å². The van der Waals surface area contributed by atoms with Crippen LogP contribution in [0.5, 0.6) is 5.75 Å². The molecule has 4 fully saturated rings. The van der Waals surface area contributed by atoms with Gasteiger partial charge in [-0.25, -0.2) is 4.98 Å². The van der Waals surface area contributed by atoms with Crippen molar-refractivity contribution in [2.45, 2.75) is 149 Å². The van der Waals surface area contributed by atoms with E-state index in [0.717, 1.165) is 73.4 Å². The highest BCUT2D eigenvalue weighted by Gasteiger charge is 2.64. The third kappa shape index (κ3) is 11.8. The fraction of sp³-hybridized carbons (Fsp3) is 0.544. The van der Waals surface area contributed by atoms with Crippen LogP contribution in [0.1, 0.15) is 126 Å². The lowest BCUT2D eigenvalue weighted by Crippen LogP contribution is -2.74. The lowest BCUT2D eigenvalue weighted by Gasteiger charge is -2.63. The number of ether oxygens (including phenoxy) is 1. The van der Waals surface area contributed by atoms with Gasteiger partial charge in [0.25, 0.3) is 5.91 Å². The Morgan fingerprint density at radius 3 is 2.22 bits per heavy atom. The average molecular weight is 1030 g/mol. The Hall–Kier alpha value is -5.37. The minimum atomic E-state index is -0.891. The van der Waals surface area contributed by atoms with Crippen molar-refractivity contribution in [2.75, 3.05) is 32.7 Å². The summed E-state index contributed by atoms with van der Waals surface area (Å²) < 4.78 is 6.40. The van der Waals surface area contributed by atoms with Crippen LogP contribution >= 0.6 is 22.9 Å². The number of aryl methyl sites for hydroxylation is 2. The lowest BCUT2D eigenvalue weighted by atomic mass is 9.49. The Bertz CT molecular complexity index is 2670. The van der Waals surface area contributed by atoms with Crippen LogP contribution in [0, 0.1) is 34.5 Å². The molecule has 1 aromatic heterocycles. The second kappa shape index (κ2) is 21.8. The number of benzene rings is 3. The highest BCUT2D eigenvalue weighted by molar-refractivity contribution is 7.13. The number of β-amino-alcohol motifs (C(OH)–C–C–N with tert-alkyl or cyclic N) is 1. The summed E-state index contributed by atoms with van der Waals surface area (Å²) in [7, 11) is 0. The van der Waals surface area contributed by atoms with Gasteiger partial charge in [-0.2, -0.15) is 5.26 Å². The summed E-state index contributed by atoms with van der Waals surface area (Å²) in [5.74, 6) is -0.433. The molecule has 0 radical (unpaired) electrons. The molecule has 390 valence electrons. The van der Waals surface area contributed by atoms with E-state index in [4.69, 9.17) is 16.3 Å². The zero-order valence-corrected chi connectivity index (χ0v) is 45.4. The number of thiazole rings is 1. The molecule has 0 unspecified atom stereocenters. The van der Waals surface area contributed by atoms with Crippen LogP contribution in [0.4, 0.5) is 0 Å². The monoisotopic (exact) mass is 1030 g/mol. The second-order valence-corrected chi connectivity index (χ2v) is 24.4. The molecule has 3 aromatic carbocycles. The van der Waals surface area contributed by atoms with Crippen molar-refractivity contribution in [1.82, 2.24) is 35.6 Å². The van der Waals surface area contributed by atoms with Crippen molar-refractivity contribution >= 4 is 46.6 Å². The number of aliphatic hydroxyl groups is 1. The average Bonchev–Trinajstić information content (AvgIpc) is 4.02. The molecule has 4 amide bonds. The molecular formula is C57H73ClN8O6S. The number of halogens is 1. The van der Waals surface area contributed by atoms with Crippen molar-refractivity contribution in [3.63, 3.8) is 0 Å². The number of nitrogens with one attached hydrogen (secondary N) is 3. The third-order valence-corrected chi connectivity index (χ3v) is 17.2. The predicted octanol–water partition coefficient (Wildman–Crippen LogP) is 8.10. The maximum absolute atomic E-state index is 14.4. The summed E-state index contributed by atoms with van der Waals surface area (Å²) in [6.45, 7) is 21.0. The number of amides is 4. The van der Waals surface area contributed by atoms with Gasteiger partial charge >= 0.3 is 0 Å². The molecule has 14 nitrogen and oxygen atoms in total. The number of nitriles is 1. The Labute approximate surface area is 440 Å². The molecule has 1 aliphatic carbocycles. The Morgan fingerprint density at radius 1 is 0.945 bits per heavy atom. The molecule has 1 saturated carbocycles. The largest absolute Gasteiger partial charge is 0.489 e. The van der Waals surface area contributed by atoms with Crippen molar-refractivity contribution in [3.8, 4) is 22.3 Å². The van der Waals surface area contributed by atoms with E-state index >= 15 is 0 Å². The van der Waals surface area contributed by atoms with Gasteiger partial charge in [0, 0.05) is 66.6 Å². The number of carbonyl (C=O) groups is 4. The normalized spacial score (nSPS) is 24.2. The van der Waals surface area contributed by atoms with E-state index in [-0.39, 0.29) is 84.2 Å². The molecule has 4 aromatic rings. The second-order valence-electron chi connectivity index (χ2n) is 23.2. The summed E-state index contributed by atoms with van der Waals surface area (Å²) in [6, 6.07) is 21.4. The van der Waals surface area contributed by atoms with Gasteiger partial charge < -0.3 is 35.6 Å². The van der Waals surface area contributed by atoms with Crippen molar-refractivity contribution in [3.05, 3.63) is 105 Å². The molecule has 8 rings (SSSR count). The van der Waals surface area contributed by atoms with E-state index in [9.17, 15) is 29.5 Å². The van der Waals surface area contributed by atoms with Gasteiger partial charge in [-0.1, -0.05) is 96.5 Å². The SMILES string of the molecule is Cc1ncsc1-c1ccc([C@H](C)NC(=O)[C@@H]2C[C@@H](O)CN2C(=O)[C@@H](NC(=O)CN2[C@H]3CC[C@H]2CN(CCCCc2ccc(C(=O)N[C@H]4C(C)(C)[C@H](Oc5ccc(C#N)c(Cl)c5)C4(C)C)cc2)C3)C(C)(C)C)cc1. The summed E-state index contributed by atoms with van der Waals surface area (Å²) in [6.07, 6.45) is 4.08. The number of unbranched alkanes of at least 4 members (excludes halogenated alkanes) is 1. The number of likely N-dealkylation sites (tertiary alicyclic amines) is 2. The minimum absolute atomic E-state index is 0.0188. The van der Waals surface area contributed by atoms with E-state index in [2.05, 4.69) is 64.5 Å².